The van der Waals surface area contributed by atoms with E-state index in [0.29, 0.717) is 26.4 Å². The van der Waals surface area contributed by atoms with Gasteiger partial charge in [-0.1, -0.05) is 20.8 Å². The van der Waals surface area contributed by atoms with E-state index in [9.17, 15) is 4.79 Å². The number of hydrogen-bond donors (Lipinski definition) is 0. The molecule has 1 saturated heterocycles. The van der Waals surface area contributed by atoms with E-state index in [1.54, 1.807) is 7.11 Å². The van der Waals surface area contributed by atoms with Crippen LogP contribution in [0.25, 0.3) is 0 Å². The highest BCUT2D eigenvalue weighted by Crippen LogP contribution is 2.20. The van der Waals surface area contributed by atoms with Gasteiger partial charge in [0.15, 0.2) is 0 Å². The lowest BCUT2D eigenvalue weighted by atomic mass is 9.93. The van der Waals surface area contributed by atoms with Crippen LogP contribution in [0.4, 0.5) is 0 Å². The fourth-order valence-electron chi connectivity index (χ4n) is 1.68. The number of ether oxygens (including phenoxy) is 2. The average molecular weight is 215 g/mol. The lowest BCUT2D eigenvalue weighted by Crippen LogP contribution is -2.53. The van der Waals surface area contributed by atoms with E-state index in [4.69, 9.17) is 9.47 Å². The summed E-state index contributed by atoms with van der Waals surface area (Å²) in [5.41, 5.74) is -0.330. The zero-order chi connectivity index (χ0) is 11.5. The van der Waals surface area contributed by atoms with Gasteiger partial charge in [0.1, 0.15) is 0 Å². The Morgan fingerprint density at radius 1 is 1.53 bits per heavy atom. The van der Waals surface area contributed by atoms with Crippen LogP contribution in [0.2, 0.25) is 0 Å². The predicted molar refractivity (Wildman–Crippen MR) is 57.7 cm³/mol. The number of methoxy groups -OCH3 is 1. The maximum atomic E-state index is 12.1. The lowest BCUT2D eigenvalue weighted by molar-refractivity contribution is -0.150. The fourth-order valence-corrected chi connectivity index (χ4v) is 1.68. The Labute approximate surface area is 91.5 Å². The highest BCUT2D eigenvalue weighted by Gasteiger charge is 2.33. The SMILES string of the molecule is COCC1COCCN1C(=O)C(C)(C)C. The standard InChI is InChI=1S/C11H21NO3/c1-11(2,3)10(13)12-5-6-15-8-9(12)7-14-4/h9H,5-8H2,1-4H3. The average Bonchev–Trinajstić information content (AvgIpc) is 2.17. The van der Waals surface area contributed by atoms with E-state index < -0.39 is 0 Å². The maximum absolute atomic E-state index is 12.1. The molecule has 1 aliphatic rings. The third-order valence-electron chi connectivity index (χ3n) is 2.49. The van der Waals surface area contributed by atoms with Crippen LogP contribution >= 0.6 is 0 Å². The summed E-state index contributed by atoms with van der Waals surface area (Å²) >= 11 is 0. The number of carbonyl (C=O) groups is 1. The van der Waals surface area contributed by atoms with Crippen molar-refractivity contribution >= 4 is 5.91 Å². The van der Waals surface area contributed by atoms with Crippen LogP contribution in [0.15, 0.2) is 0 Å². The molecule has 1 unspecified atom stereocenters. The molecule has 1 aliphatic heterocycles. The third kappa shape index (κ3) is 3.18. The minimum atomic E-state index is -0.330. The van der Waals surface area contributed by atoms with Gasteiger partial charge in [-0.05, 0) is 0 Å². The number of amides is 1. The van der Waals surface area contributed by atoms with Crippen LogP contribution in [0.1, 0.15) is 20.8 Å². The summed E-state index contributed by atoms with van der Waals surface area (Å²) in [6.07, 6.45) is 0. The van der Waals surface area contributed by atoms with Crippen molar-refractivity contribution in [2.45, 2.75) is 26.8 Å². The summed E-state index contributed by atoms with van der Waals surface area (Å²) < 4.78 is 10.5. The van der Waals surface area contributed by atoms with Crippen molar-refractivity contribution in [3.8, 4) is 0 Å². The molecule has 1 atom stereocenters. The topological polar surface area (TPSA) is 38.8 Å². The molecule has 0 saturated carbocycles. The van der Waals surface area contributed by atoms with Gasteiger partial charge in [0.05, 0.1) is 25.9 Å². The first-order valence-corrected chi connectivity index (χ1v) is 5.34. The molecule has 0 aliphatic carbocycles. The molecule has 1 amide bonds. The van der Waals surface area contributed by atoms with Gasteiger partial charge in [-0.2, -0.15) is 0 Å². The summed E-state index contributed by atoms with van der Waals surface area (Å²) in [7, 11) is 1.65. The molecular weight excluding hydrogens is 194 g/mol. The molecule has 1 rings (SSSR count). The van der Waals surface area contributed by atoms with Gasteiger partial charge in [-0.3, -0.25) is 4.79 Å². The molecule has 1 fully saturated rings. The summed E-state index contributed by atoms with van der Waals surface area (Å²) in [6.45, 7) is 8.24. The van der Waals surface area contributed by atoms with E-state index in [1.807, 2.05) is 25.7 Å². The molecule has 4 nitrogen and oxygen atoms in total. The first-order valence-electron chi connectivity index (χ1n) is 5.34. The minimum Gasteiger partial charge on any atom is -0.382 e. The first-order chi connectivity index (χ1) is 6.96. The van der Waals surface area contributed by atoms with Crippen molar-refractivity contribution in [2.24, 2.45) is 5.41 Å². The smallest absolute Gasteiger partial charge is 0.228 e. The molecular formula is C11H21NO3. The van der Waals surface area contributed by atoms with Gasteiger partial charge in [-0.15, -0.1) is 0 Å². The van der Waals surface area contributed by atoms with Crippen molar-refractivity contribution in [1.29, 1.82) is 0 Å². The quantitative estimate of drug-likeness (QED) is 0.687. The summed E-state index contributed by atoms with van der Waals surface area (Å²) in [6, 6.07) is 0.0653. The summed E-state index contributed by atoms with van der Waals surface area (Å²) in [5, 5.41) is 0. The number of hydrogen-bond acceptors (Lipinski definition) is 3. The van der Waals surface area contributed by atoms with Crippen LogP contribution in [-0.2, 0) is 14.3 Å². The molecule has 88 valence electrons. The summed E-state index contributed by atoms with van der Waals surface area (Å²) in [4.78, 5) is 14.0. The van der Waals surface area contributed by atoms with E-state index >= 15 is 0 Å². The van der Waals surface area contributed by atoms with E-state index in [-0.39, 0.29) is 17.4 Å². The zero-order valence-corrected chi connectivity index (χ0v) is 10.1. The lowest BCUT2D eigenvalue weighted by Gasteiger charge is -2.38. The monoisotopic (exact) mass is 215 g/mol. The van der Waals surface area contributed by atoms with Crippen molar-refractivity contribution in [3.05, 3.63) is 0 Å². The molecule has 0 N–H and O–H groups in total. The van der Waals surface area contributed by atoms with Crippen LogP contribution in [0.3, 0.4) is 0 Å². The molecule has 0 spiro atoms. The van der Waals surface area contributed by atoms with Crippen LogP contribution in [-0.4, -0.2) is 50.3 Å². The Balaban J connectivity index is 2.67. The summed E-state index contributed by atoms with van der Waals surface area (Å²) in [5.74, 6) is 0.174. The first kappa shape index (κ1) is 12.5. The second kappa shape index (κ2) is 4.94. The van der Waals surface area contributed by atoms with E-state index in [1.165, 1.54) is 0 Å². The molecule has 0 bridgehead atoms. The van der Waals surface area contributed by atoms with Gasteiger partial charge in [0.25, 0.3) is 0 Å². The van der Waals surface area contributed by atoms with Crippen molar-refractivity contribution in [1.82, 2.24) is 4.90 Å². The van der Waals surface area contributed by atoms with Gasteiger partial charge >= 0.3 is 0 Å². The highest BCUT2D eigenvalue weighted by atomic mass is 16.5. The van der Waals surface area contributed by atoms with Crippen LogP contribution in [0, 0.1) is 5.41 Å². The van der Waals surface area contributed by atoms with Crippen molar-refractivity contribution < 1.29 is 14.3 Å². The predicted octanol–water partition coefficient (Wildman–Crippen LogP) is 0.906. The second-order valence-corrected chi connectivity index (χ2v) is 4.93. The molecule has 0 aromatic heterocycles. The molecule has 1 heterocycles. The van der Waals surface area contributed by atoms with Crippen LogP contribution in [0.5, 0.6) is 0 Å². The van der Waals surface area contributed by atoms with Crippen molar-refractivity contribution in [2.75, 3.05) is 33.5 Å². The Hall–Kier alpha value is -0.610. The number of carbonyl (C=O) groups excluding carboxylic acids is 1. The molecule has 0 aromatic rings. The van der Waals surface area contributed by atoms with E-state index in [0.717, 1.165) is 0 Å². The van der Waals surface area contributed by atoms with E-state index in [2.05, 4.69) is 0 Å². The van der Waals surface area contributed by atoms with Crippen LogP contribution < -0.4 is 0 Å². The Kier molecular flexibility index (Phi) is 4.11. The van der Waals surface area contributed by atoms with Crippen molar-refractivity contribution in [3.63, 3.8) is 0 Å². The Morgan fingerprint density at radius 3 is 2.73 bits per heavy atom. The maximum Gasteiger partial charge on any atom is 0.228 e. The molecule has 0 aromatic carbocycles. The Bertz CT molecular complexity index is 220. The van der Waals surface area contributed by atoms with Gasteiger partial charge in [0.2, 0.25) is 5.91 Å². The highest BCUT2D eigenvalue weighted by molar-refractivity contribution is 5.81. The molecule has 4 heteroatoms. The molecule has 0 radical (unpaired) electrons. The number of rotatable bonds is 2. The van der Waals surface area contributed by atoms with Gasteiger partial charge in [-0.25, -0.2) is 0 Å². The Morgan fingerprint density at radius 2 is 2.20 bits per heavy atom. The second-order valence-electron chi connectivity index (χ2n) is 4.93. The number of morpholine rings is 1. The zero-order valence-electron chi connectivity index (χ0n) is 10.1. The normalized spacial score (nSPS) is 22.9. The third-order valence-corrected chi connectivity index (χ3v) is 2.49. The molecule has 15 heavy (non-hydrogen) atoms. The largest absolute Gasteiger partial charge is 0.382 e. The fraction of sp³-hybridized carbons (Fsp3) is 0.909. The van der Waals surface area contributed by atoms with Gasteiger partial charge in [0, 0.05) is 19.1 Å². The minimum absolute atomic E-state index is 0.0653. The van der Waals surface area contributed by atoms with Gasteiger partial charge < -0.3 is 14.4 Å². The number of nitrogens with zero attached hydrogens (tertiary/aromatic N) is 1.